The van der Waals surface area contributed by atoms with Crippen LogP contribution in [0.5, 0.6) is 5.75 Å². The number of rotatable bonds is 4. The first-order valence-corrected chi connectivity index (χ1v) is 5.39. The minimum absolute atomic E-state index is 0.0992. The Kier molecular flexibility index (Phi) is 3.72. The predicted octanol–water partition coefficient (Wildman–Crippen LogP) is 2.98. The maximum absolute atomic E-state index is 13.3. The van der Waals surface area contributed by atoms with E-state index in [1.807, 2.05) is 0 Å². The highest BCUT2D eigenvalue weighted by molar-refractivity contribution is 5.36. The normalized spacial score (nSPS) is 10.2. The summed E-state index contributed by atoms with van der Waals surface area (Å²) < 4.78 is 31.5. The van der Waals surface area contributed by atoms with Crippen molar-refractivity contribution in [2.45, 2.75) is 6.61 Å². The first-order valence-electron chi connectivity index (χ1n) is 5.39. The molecule has 0 aliphatic rings. The molecule has 0 aliphatic heterocycles. The van der Waals surface area contributed by atoms with Crippen LogP contribution in [0.1, 0.15) is 5.56 Å². The van der Waals surface area contributed by atoms with E-state index in [-0.39, 0.29) is 12.4 Å². The molecule has 18 heavy (non-hydrogen) atoms. The van der Waals surface area contributed by atoms with Gasteiger partial charge in [-0.2, -0.15) is 0 Å². The Labute approximate surface area is 103 Å². The van der Waals surface area contributed by atoms with Gasteiger partial charge < -0.3 is 10.1 Å². The number of nitrogens with zero attached hydrogens (tertiary/aromatic N) is 1. The number of pyridine rings is 1. The lowest BCUT2D eigenvalue weighted by molar-refractivity contribution is 0.288. The maximum atomic E-state index is 13.3. The van der Waals surface area contributed by atoms with Gasteiger partial charge in [-0.25, -0.2) is 13.8 Å². The molecule has 0 unspecified atom stereocenters. The fourth-order valence-electron chi connectivity index (χ4n) is 1.45. The fraction of sp³-hybridized carbons (Fsp3) is 0.154. The summed E-state index contributed by atoms with van der Waals surface area (Å²) in [6, 6.07) is 6.63. The Bertz CT molecular complexity index is 546. The average molecular weight is 250 g/mol. The quantitative estimate of drug-likeness (QED) is 0.905. The monoisotopic (exact) mass is 250 g/mol. The van der Waals surface area contributed by atoms with E-state index in [1.54, 1.807) is 25.4 Å². The lowest BCUT2D eigenvalue weighted by Gasteiger charge is -2.08. The second kappa shape index (κ2) is 5.44. The SMILES string of the molecule is CNc1cc(COc2cc(F)ccc2F)ccn1. The Morgan fingerprint density at radius 2 is 2.06 bits per heavy atom. The lowest BCUT2D eigenvalue weighted by atomic mass is 10.2. The Balaban J connectivity index is 2.08. The van der Waals surface area contributed by atoms with Crippen molar-refractivity contribution in [3.05, 3.63) is 53.7 Å². The molecule has 0 bridgehead atoms. The second-order valence-electron chi connectivity index (χ2n) is 3.66. The van der Waals surface area contributed by atoms with Crippen molar-refractivity contribution in [2.75, 3.05) is 12.4 Å². The van der Waals surface area contributed by atoms with Crippen molar-refractivity contribution in [3.63, 3.8) is 0 Å². The summed E-state index contributed by atoms with van der Waals surface area (Å²) in [6.45, 7) is 0.150. The molecule has 1 aromatic heterocycles. The van der Waals surface area contributed by atoms with Gasteiger partial charge >= 0.3 is 0 Å². The molecule has 1 aromatic carbocycles. The van der Waals surface area contributed by atoms with Gasteiger partial charge in [0.15, 0.2) is 11.6 Å². The molecule has 1 heterocycles. The highest BCUT2D eigenvalue weighted by Gasteiger charge is 2.05. The zero-order valence-corrected chi connectivity index (χ0v) is 9.78. The van der Waals surface area contributed by atoms with Gasteiger partial charge in [0.2, 0.25) is 0 Å². The Morgan fingerprint density at radius 1 is 1.22 bits per heavy atom. The second-order valence-corrected chi connectivity index (χ2v) is 3.66. The van der Waals surface area contributed by atoms with Gasteiger partial charge in [0.25, 0.3) is 0 Å². The molecule has 0 fully saturated rings. The van der Waals surface area contributed by atoms with Gasteiger partial charge in [-0.3, -0.25) is 0 Å². The fourth-order valence-corrected chi connectivity index (χ4v) is 1.45. The number of nitrogens with one attached hydrogen (secondary N) is 1. The standard InChI is InChI=1S/C13H12F2N2O/c1-16-13-6-9(4-5-17-13)8-18-12-7-10(14)2-3-11(12)15/h2-7H,8H2,1H3,(H,16,17). The number of aromatic nitrogens is 1. The summed E-state index contributed by atoms with van der Waals surface area (Å²) in [4.78, 5) is 4.04. The lowest BCUT2D eigenvalue weighted by Crippen LogP contribution is -2.00. The third-order valence-electron chi connectivity index (χ3n) is 2.37. The summed E-state index contributed by atoms with van der Waals surface area (Å²) in [5.74, 6) is -0.523. The molecule has 94 valence electrons. The van der Waals surface area contributed by atoms with Crippen LogP contribution in [0.4, 0.5) is 14.6 Å². The smallest absolute Gasteiger partial charge is 0.165 e. The summed E-state index contributed by atoms with van der Waals surface area (Å²) in [7, 11) is 1.75. The van der Waals surface area contributed by atoms with Crippen LogP contribution in [0, 0.1) is 11.6 Å². The van der Waals surface area contributed by atoms with Crippen molar-refractivity contribution < 1.29 is 13.5 Å². The number of hydrogen-bond donors (Lipinski definition) is 1. The van der Waals surface area contributed by atoms with Crippen LogP contribution in [-0.4, -0.2) is 12.0 Å². The highest BCUT2D eigenvalue weighted by atomic mass is 19.1. The highest BCUT2D eigenvalue weighted by Crippen LogP contribution is 2.19. The van der Waals surface area contributed by atoms with Crippen molar-refractivity contribution in [2.24, 2.45) is 0 Å². The van der Waals surface area contributed by atoms with E-state index in [4.69, 9.17) is 4.74 Å². The molecule has 0 atom stereocenters. The third-order valence-corrected chi connectivity index (χ3v) is 2.37. The van der Waals surface area contributed by atoms with Gasteiger partial charge in [0.05, 0.1) is 0 Å². The van der Waals surface area contributed by atoms with E-state index < -0.39 is 11.6 Å². The largest absolute Gasteiger partial charge is 0.486 e. The Morgan fingerprint density at radius 3 is 2.83 bits per heavy atom. The summed E-state index contributed by atoms with van der Waals surface area (Å²) in [5.41, 5.74) is 0.818. The topological polar surface area (TPSA) is 34.1 Å². The minimum atomic E-state index is -0.584. The van der Waals surface area contributed by atoms with E-state index in [0.717, 1.165) is 23.8 Å². The van der Waals surface area contributed by atoms with E-state index in [2.05, 4.69) is 10.3 Å². The van der Waals surface area contributed by atoms with Crippen molar-refractivity contribution in [1.82, 2.24) is 4.98 Å². The van der Waals surface area contributed by atoms with Gasteiger partial charge in [0, 0.05) is 19.3 Å². The minimum Gasteiger partial charge on any atom is -0.486 e. The summed E-state index contributed by atoms with van der Waals surface area (Å²) in [5, 5.41) is 2.89. The number of ether oxygens (including phenoxy) is 1. The van der Waals surface area contributed by atoms with Crippen molar-refractivity contribution >= 4 is 5.82 Å². The van der Waals surface area contributed by atoms with E-state index in [9.17, 15) is 8.78 Å². The molecule has 5 heteroatoms. The molecule has 0 spiro atoms. The van der Waals surface area contributed by atoms with Crippen LogP contribution >= 0.6 is 0 Å². The number of benzene rings is 1. The summed E-state index contributed by atoms with van der Waals surface area (Å²) in [6.07, 6.45) is 1.62. The molecule has 0 aliphatic carbocycles. The molecule has 0 amide bonds. The number of anilines is 1. The predicted molar refractivity (Wildman–Crippen MR) is 64.5 cm³/mol. The zero-order chi connectivity index (χ0) is 13.0. The molecule has 0 saturated carbocycles. The average Bonchev–Trinajstić information content (AvgIpc) is 2.40. The van der Waals surface area contributed by atoms with Crippen LogP contribution in [0.2, 0.25) is 0 Å². The zero-order valence-electron chi connectivity index (χ0n) is 9.78. The van der Waals surface area contributed by atoms with Crippen LogP contribution in [0.25, 0.3) is 0 Å². The first kappa shape index (κ1) is 12.3. The van der Waals surface area contributed by atoms with E-state index in [0.29, 0.717) is 5.82 Å². The van der Waals surface area contributed by atoms with Crippen LogP contribution in [0.3, 0.4) is 0 Å². The first-order chi connectivity index (χ1) is 8.69. The molecule has 0 radical (unpaired) electrons. The van der Waals surface area contributed by atoms with Crippen LogP contribution in [0.15, 0.2) is 36.5 Å². The molecule has 1 N–H and O–H groups in total. The molecular weight excluding hydrogens is 238 g/mol. The molecule has 2 rings (SSSR count). The van der Waals surface area contributed by atoms with Gasteiger partial charge in [-0.15, -0.1) is 0 Å². The van der Waals surface area contributed by atoms with Gasteiger partial charge in [-0.1, -0.05) is 0 Å². The maximum Gasteiger partial charge on any atom is 0.165 e. The van der Waals surface area contributed by atoms with Gasteiger partial charge in [-0.05, 0) is 29.8 Å². The number of hydrogen-bond acceptors (Lipinski definition) is 3. The molecule has 2 aromatic rings. The van der Waals surface area contributed by atoms with E-state index >= 15 is 0 Å². The van der Waals surface area contributed by atoms with Gasteiger partial charge in [0.1, 0.15) is 18.2 Å². The molecule has 0 saturated heterocycles. The van der Waals surface area contributed by atoms with Crippen LogP contribution < -0.4 is 10.1 Å². The van der Waals surface area contributed by atoms with E-state index in [1.165, 1.54) is 0 Å². The van der Waals surface area contributed by atoms with Crippen molar-refractivity contribution in [1.29, 1.82) is 0 Å². The van der Waals surface area contributed by atoms with Crippen LogP contribution in [-0.2, 0) is 6.61 Å². The number of halogens is 2. The third kappa shape index (κ3) is 2.94. The van der Waals surface area contributed by atoms with Crippen molar-refractivity contribution in [3.8, 4) is 5.75 Å². The molecular formula is C13H12F2N2O. The summed E-state index contributed by atoms with van der Waals surface area (Å²) >= 11 is 0. The Hall–Kier alpha value is -2.17. The molecule has 3 nitrogen and oxygen atoms in total.